The van der Waals surface area contributed by atoms with Crippen LogP contribution in [0.15, 0.2) is 24.3 Å². The van der Waals surface area contributed by atoms with Gasteiger partial charge >= 0.3 is 0 Å². The standard InChI is InChI=1S/C21H23ClN6O4S.C2H6.CH3NO/c22-13-3-5-14(6-4-13)32-12-15(29)23-20-24-17(25-26-20)18(30)28-9-1-7-21(28)11-16-27(19(21)31)8-2-10-33-16;1-2;2-1-3/h3-6,16H,1-2,7-12H2,(H2,23,24,25,26,29);1-2H3;1H,(H2,2,3)/t16?,21-;;/m1../s1. The number of halogens is 1. The zero-order chi connectivity index (χ0) is 27.7. The SMILES string of the molecule is CC.NC=O.O=C(COc1ccc(Cl)cc1)Nc1n[nH]c(C(=O)N2CCC[C@]23CC2SCCCN2C3=O)n1. The summed E-state index contributed by atoms with van der Waals surface area (Å²) in [5.41, 5.74) is 3.36. The average molecular weight is 566 g/mol. The normalized spacial score (nSPS) is 21.6. The molecule has 12 nitrogen and oxygen atoms in total. The Hall–Kier alpha value is -3.32. The van der Waals surface area contributed by atoms with Crippen LogP contribution in [0.5, 0.6) is 5.75 Å². The van der Waals surface area contributed by atoms with E-state index in [1.807, 2.05) is 18.7 Å². The number of nitrogens with one attached hydrogen (secondary N) is 2. The molecule has 0 bridgehead atoms. The highest BCUT2D eigenvalue weighted by Crippen LogP contribution is 2.46. The van der Waals surface area contributed by atoms with Gasteiger partial charge in [-0.3, -0.25) is 29.6 Å². The summed E-state index contributed by atoms with van der Waals surface area (Å²) in [6.45, 7) is 4.99. The minimum absolute atomic E-state index is 0.00415. The van der Waals surface area contributed by atoms with E-state index in [-0.39, 0.29) is 42.0 Å². The van der Waals surface area contributed by atoms with Crippen molar-refractivity contribution in [1.29, 1.82) is 0 Å². The molecule has 0 radical (unpaired) electrons. The number of hydrogen-bond acceptors (Lipinski definition) is 8. The fourth-order valence-corrected chi connectivity index (χ4v) is 6.19. The molecule has 4 N–H and O–H groups in total. The molecule has 5 rings (SSSR count). The molecule has 38 heavy (non-hydrogen) atoms. The number of carbonyl (C=O) groups is 4. The first kappa shape index (κ1) is 29.2. The minimum Gasteiger partial charge on any atom is -0.484 e. The van der Waals surface area contributed by atoms with Gasteiger partial charge in [-0.1, -0.05) is 25.4 Å². The molecule has 4 heterocycles. The number of ether oxygens (including phenoxy) is 1. The number of fused-ring (bicyclic) bond motifs is 1. The molecule has 0 aliphatic carbocycles. The van der Waals surface area contributed by atoms with E-state index >= 15 is 0 Å². The van der Waals surface area contributed by atoms with Crippen LogP contribution in [0.3, 0.4) is 0 Å². The van der Waals surface area contributed by atoms with Gasteiger partial charge in [0.05, 0.1) is 5.37 Å². The highest BCUT2D eigenvalue weighted by Gasteiger charge is 2.59. The Bertz CT molecular complexity index is 1130. The average Bonchev–Trinajstić information content (AvgIpc) is 3.64. The highest BCUT2D eigenvalue weighted by atomic mass is 35.5. The van der Waals surface area contributed by atoms with Crippen LogP contribution in [0.1, 0.15) is 50.1 Å². The maximum absolute atomic E-state index is 13.3. The largest absolute Gasteiger partial charge is 0.484 e. The molecule has 0 saturated carbocycles. The number of aromatic nitrogens is 3. The maximum atomic E-state index is 13.3. The molecule has 3 aliphatic rings. The number of H-pyrrole nitrogens is 1. The lowest BCUT2D eigenvalue weighted by atomic mass is 9.94. The number of benzene rings is 1. The van der Waals surface area contributed by atoms with Crippen LogP contribution in [-0.4, -0.2) is 85.5 Å². The number of primary amides is 1. The highest BCUT2D eigenvalue weighted by molar-refractivity contribution is 7.99. The van der Waals surface area contributed by atoms with Crippen molar-refractivity contribution in [3.05, 3.63) is 35.1 Å². The molecule has 1 spiro atoms. The number of anilines is 1. The monoisotopic (exact) mass is 565 g/mol. The summed E-state index contributed by atoms with van der Waals surface area (Å²) in [5, 5.41) is 9.74. The van der Waals surface area contributed by atoms with Gasteiger partial charge in [-0.05, 0) is 49.3 Å². The van der Waals surface area contributed by atoms with E-state index < -0.39 is 11.4 Å². The van der Waals surface area contributed by atoms with Gasteiger partial charge < -0.3 is 20.3 Å². The Morgan fingerprint density at radius 3 is 2.68 bits per heavy atom. The van der Waals surface area contributed by atoms with Gasteiger partial charge in [0, 0.05) is 24.5 Å². The molecule has 2 aromatic rings. The molecule has 1 aromatic heterocycles. The van der Waals surface area contributed by atoms with Crippen molar-refractivity contribution in [3.63, 3.8) is 0 Å². The molecule has 3 fully saturated rings. The van der Waals surface area contributed by atoms with Crippen molar-refractivity contribution < 1.29 is 23.9 Å². The zero-order valence-electron chi connectivity index (χ0n) is 21.3. The van der Waals surface area contributed by atoms with Gasteiger partial charge in [0.1, 0.15) is 11.3 Å². The number of rotatable bonds is 5. The molecule has 3 saturated heterocycles. The predicted molar refractivity (Wildman–Crippen MR) is 144 cm³/mol. The Balaban J connectivity index is 0.000000748. The Labute approximate surface area is 230 Å². The van der Waals surface area contributed by atoms with Gasteiger partial charge in [0.2, 0.25) is 24.1 Å². The number of amides is 4. The van der Waals surface area contributed by atoms with Gasteiger partial charge in [0.25, 0.3) is 11.8 Å². The third-order valence-electron chi connectivity index (χ3n) is 6.23. The van der Waals surface area contributed by atoms with Gasteiger partial charge in [-0.2, -0.15) is 4.98 Å². The van der Waals surface area contributed by atoms with Gasteiger partial charge in [-0.15, -0.1) is 16.9 Å². The van der Waals surface area contributed by atoms with Crippen LogP contribution in [0.2, 0.25) is 5.02 Å². The summed E-state index contributed by atoms with van der Waals surface area (Å²) in [5.74, 6) is 0.688. The number of hydrogen-bond donors (Lipinski definition) is 3. The van der Waals surface area contributed by atoms with Crippen molar-refractivity contribution in [1.82, 2.24) is 25.0 Å². The molecule has 1 unspecified atom stereocenters. The van der Waals surface area contributed by atoms with E-state index in [0.29, 0.717) is 30.2 Å². The van der Waals surface area contributed by atoms with E-state index in [2.05, 4.69) is 26.2 Å². The van der Waals surface area contributed by atoms with Crippen LogP contribution in [0.25, 0.3) is 0 Å². The molecule has 2 atom stereocenters. The Kier molecular flexibility index (Phi) is 10.4. The van der Waals surface area contributed by atoms with Crippen LogP contribution in [0, 0.1) is 0 Å². The van der Waals surface area contributed by atoms with Crippen molar-refractivity contribution in [2.24, 2.45) is 5.73 Å². The predicted octanol–water partition coefficient (Wildman–Crippen LogP) is 2.27. The second kappa shape index (κ2) is 13.5. The Morgan fingerprint density at radius 2 is 2.00 bits per heavy atom. The number of nitrogens with two attached hydrogens (primary N) is 1. The number of aromatic amines is 1. The summed E-state index contributed by atoms with van der Waals surface area (Å²) in [6.07, 6.45) is 3.29. The van der Waals surface area contributed by atoms with E-state index in [4.69, 9.17) is 21.1 Å². The van der Waals surface area contributed by atoms with Crippen molar-refractivity contribution >= 4 is 53.4 Å². The van der Waals surface area contributed by atoms with Crippen molar-refractivity contribution in [3.8, 4) is 5.75 Å². The minimum atomic E-state index is -0.804. The smallest absolute Gasteiger partial charge is 0.292 e. The topological polar surface area (TPSA) is 164 Å². The Morgan fingerprint density at radius 1 is 1.29 bits per heavy atom. The second-order valence-electron chi connectivity index (χ2n) is 8.41. The van der Waals surface area contributed by atoms with Gasteiger partial charge in [0.15, 0.2) is 6.61 Å². The quantitative estimate of drug-likeness (QED) is 0.465. The van der Waals surface area contributed by atoms with E-state index in [1.165, 1.54) is 0 Å². The maximum Gasteiger partial charge on any atom is 0.292 e. The van der Waals surface area contributed by atoms with Crippen LogP contribution in [0.4, 0.5) is 5.95 Å². The fraction of sp³-hybridized carbons (Fsp3) is 0.500. The lowest BCUT2D eigenvalue weighted by Gasteiger charge is -2.32. The first-order chi connectivity index (χ1) is 18.4. The molecule has 14 heteroatoms. The van der Waals surface area contributed by atoms with E-state index in [9.17, 15) is 14.4 Å². The summed E-state index contributed by atoms with van der Waals surface area (Å²) in [6, 6.07) is 6.63. The summed E-state index contributed by atoms with van der Waals surface area (Å²) in [7, 11) is 0. The fourth-order valence-electron chi connectivity index (χ4n) is 4.72. The summed E-state index contributed by atoms with van der Waals surface area (Å²) >= 11 is 7.62. The first-order valence-electron chi connectivity index (χ1n) is 12.4. The third kappa shape index (κ3) is 6.38. The van der Waals surface area contributed by atoms with E-state index in [1.54, 1.807) is 40.9 Å². The summed E-state index contributed by atoms with van der Waals surface area (Å²) < 4.78 is 5.40. The van der Waals surface area contributed by atoms with Crippen molar-refractivity contribution in [2.75, 3.05) is 30.8 Å². The zero-order valence-corrected chi connectivity index (χ0v) is 22.9. The molecule has 3 aliphatic heterocycles. The summed E-state index contributed by atoms with van der Waals surface area (Å²) in [4.78, 5) is 55.0. The number of carbonyl (C=O) groups excluding carboxylic acids is 4. The van der Waals surface area contributed by atoms with E-state index in [0.717, 1.165) is 25.1 Å². The first-order valence-corrected chi connectivity index (χ1v) is 13.8. The molecule has 1 aromatic carbocycles. The molecule has 206 valence electrons. The number of thioether (sulfide) groups is 1. The molecular formula is C24H32ClN7O5S. The van der Waals surface area contributed by atoms with Crippen molar-refractivity contribution in [2.45, 2.75) is 50.4 Å². The van der Waals surface area contributed by atoms with Gasteiger partial charge in [-0.25, -0.2) is 0 Å². The molecule has 4 amide bonds. The molecular weight excluding hydrogens is 534 g/mol. The third-order valence-corrected chi connectivity index (χ3v) is 7.81. The number of likely N-dealkylation sites (tertiary alicyclic amines) is 1. The van der Waals surface area contributed by atoms with Crippen LogP contribution in [-0.2, 0) is 14.4 Å². The lowest BCUT2D eigenvalue weighted by molar-refractivity contribution is -0.136. The number of nitrogens with zero attached hydrogens (tertiary/aromatic N) is 4. The van der Waals surface area contributed by atoms with Crippen LogP contribution < -0.4 is 15.8 Å². The lowest BCUT2D eigenvalue weighted by Crippen LogP contribution is -2.53. The van der Waals surface area contributed by atoms with Crippen LogP contribution >= 0.6 is 23.4 Å². The second-order valence-corrected chi connectivity index (χ2v) is 10.1.